The molecule has 0 amide bonds. The third-order valence-corrected chi connectivity index (χ3v) is 13.8. The first-order valence-corrected chi connectivity index (χ1v) is 14.3. The lowest BCUT2D eigenvalue weighted by Gasteiger charge is -2.70. The number of hydrogen-bond donors (Lipinski definition) is 0. The van der Waals surface area contributed by atoms with Crippen LogP contribution in [0.2, 0.25) is 0 Å². The van der Waals surface area contributed by atoms with E-state index in [-0.39, 0.29) is 22.7 Å². The predicted octanol–water partition coefficient (Wildman–Crippen LogP) is 7.98. The minimum absolute atomic E-state index is 0.0188. The fourth-order valence-corrected chi connectivity index (χ4v) is 11.7. The quantitative estimate of drug-likeness (QED) is 0.290. The molecule has 6 aliphatic rings. The largest absolute Gasteiger partial charge is 0.469 e. The summed E-state index contributed by atoms with van der Waals surface area (Å²) < 4.78 is 5.50. The van der Waals surface area contributed by atoms with Crippen molar-refractivity contribution < 1.29 is 9.53 Å². The number of rotatable bonds is 1. The molecule has 3 unspecified atom stereocenters. The minimum atomic E-state index is -0.387. The summed E-state index contributed by atoms with van der Waals surface area (Å²) in [5.74, 6) is 4.20. The molecule has 188 valence electrons. The van der Waals surface area contributed by atoms with Crippen LogP contribution in [0.15, 0.2) is 23.8 Å². The van der Waals surface area contributed by atoms with Crippen LogP contribution >= 0.6 is 0 Å². The van der Waals surface area contributed by atoms with Crippen LogP contribution in [-0.2, 0) is 9.53 Å². The molecular weight excluding hydrogens is 416 g/mol. The van der Waals surface area contributed by atoms with Gasteiger partial charge in [0.15, 0.2) is 0 Å². The van der Waals surface area contributed by atoms with Crippen LogP contribution in [0, 0.1) is 62.6 Å². The first-order valence-electron chi connectivity index (χ1n) is 14.3. The van der Waals surface area contributed by atoms with Crippen molar-refractivity contribution in [3.05, 3.63) is 23.8 Å². The second-order valence-corrected chi connectivity index (χ2v) is 15.0. The smallest absolute Gasteiger partial charge is 0.312 e. The van der Waals surface area contributed by atoms with E-state index in [9.17, 15) is 4.79 Å². The Bertz CT molecular complexity index is 973. The van der Waals surface area contributed by atoms with E-state index in [1.54, 1.807) is 12.7 Å². The van der Waals surface area contributed by atoms with E-state index in [2.05, 4.69) is 54.2 Å². The van der Waals surface area contributed by atoms with Crippen molar-refractivity contribution in [1.82, 2.24) is 0 Å². The van der Waals surface area contributed by atoms with Crippen molar-refractivity contribution >= 4 is 5.97 Å². The van der Waals surface area contributed by atoms with Gasteiger partial charge in [-0.3, -0.25) is 4.79 Å². The zero-order valence-electron chi connectivity index (χ0n) is 22.9. The predicted molar refractivity (Wildman–Crippen MR) is 138 cm³/mol. The van der Waals surface area contributed by atoms with Gasteiger partial charge >= 0.3 is 5.97 Å². The van der Waals surface area contributed by atoms with Gasteiger partial charge in [0.1, 0.15) is 0 Å². The lowest BCUT2D eigenvalue weighted by molar-refractivity contribution is -0.186. The third kappa shape index (κ3) is 2.52. The highest BCUT2D eigenvalue weighted by Gasteiger charge is 2.71. The number of fused-ring (bicyclic) bond motifs is 8. The lowest BCUT2D eigenvalue weighted by Crippen LogP contribution is -2.64. The summed E-state index contributed by atoms with van der Waals surface area (Å²) in [6.45, 7) is 20.1. The Kier molecular flexibility index (Phi) is 4.69. The molecular formula is C32H48O2. The van der Waals surface area contributed by atoms with Crippen molar-refractivity contribution in [2.24, 2.45) is 62.6 Å². The maximum atomic E-state index is 13.4. The molecule has 0 heterocycles. The lowest BCUT2D eigenvalue weighted by atomic mass is 9.34. The maximum absolute atomic E-state index is 13.4. The molecule has 0 bridgehead atoms. The molecule has 0 radical (unpaired) electrons. The first-order chi connectivity index (χ1) is 15.9. The van der Waals surface area contributed by atoms with Gasteiger partial charge in [0.2, 0.25) is 0 Å². The minimum Gasteiger partial charge on any atom is -0.469 e. The second kappa shape index (κ2) is 6.83. The van der Waals surface area contributed by atoms with Gasteiger partial charge in [0, 0.05) is 5.92 Å². The van der Waals surface area contributed by atoms with Crippen molar-refractivity contribution in [2.75, 3.05) is 7.11 Å². The zero-order chi connectivity index (χ0) is 24.5. The van der Waals surface area contributed by atoms with Crippen LogP contribution in [0.5, 0.6) is 0 Å². The summed E-state index contributed by atoms with van der Waals surface area (Å²) in [4.78, 5) is 13.4. The molecule has 0 aromatic rings. The Labute approximate surface area is 208 Å². The van der Waals surface area contributed by atoms with Gasteiger partial charge in [-0.05, 0) is 109 Å². The molecule has 34 heavy (non-hydrogen) atoms. The first kappa shape index (κ1) is 23.4. The molecule has 0 spiro atoms. The molecule has 0 aliphatic heterocycles. The van der Waals surface area contributed by atoms with E-state index in [0.29, 0.717) is 22.2 Å². The molecule has 6 aliphatic carbocycles. The van der Waals surface area contributed by atoms with Gasteiger partial charge in [-0.1, -0.05) is 65.3 Å². The summed E-state index contributed by atoms with van der Waals surface area (Å²) in [5.41, 5.74) is 3.86. The van der Waals surface area contributed by atoms with Crippen LogP contribution in [0.25, 0.3) is 0 Å². The molecule has 0 aromatic carbocycles. The number of allylic oxidation sites excluding steroid dienone is 3. The Morgan fingerprint density at radius 3 is 2.47 bits per heavy atom. The molecule has 2 heteroatoms. The molecule has 0 saturated heterocycles. The topological polar surface area (TPSA) is 26.3 Å². The van der Waals surface area contributed by atoms with Crippen molar-refractivity contribution in [1.29, 1.82) is 0 Å². The number of esters is 1. The van der Waals surface area contributed by atoms with E-state index >= 15 is 0 Å². The number of methoxy groups -OCH3 is 1. The Balaban J connectivity index is 1.46. The fraction of sp³-hybridized carbons (Fsp3) is 0.844. The molecule has 6 rings (SSSR count). The summed E-state index contributed by atoms with van der Waals surface area (Å²) in [6.07, 6.45) is 13.6. The van der Waals surface area contributed by atoms with Gasteiger partial charge in [-0.2, -0.15) is 0 Å². The standard InChI is InChI=1S/C32H48O2/c1-19-11-14-32(27(33)34-8)16-15-30(6)22(26(32)20(19)2)9-10-25-29(5)18-21-17-23(21)28(3,4)24(29)12-13-31(25,30)7/h9,19,21,23-26H,2,10-18H2,1,3-8H3/t19-,21+,23+,24?,25?,26?,29+,30-,31-,32+/m1/s1. The maximum Gasteiger partial charge on any atom is 0.312 e. The number of carbonyl (C=O) groups is 1. The highest BCUT2D eigenvalue weighted by atomic mass is 16.5. The van der Waals surface area contributed by atoms with Crippen LogP contribution in [0.3, 0.4) is 0 Å². The van der Waals surface area contributed by atoms with Crippen LogP contribution < -0.4 is 0 Å². The number of ether oxygens (including phenoxy) is 1. The molecule has 10 atom stereocenters. The summed E-state index contributed by atoms with van der Waals surface area (Å²) in [5, 5.41) is 0. The summed E-state index contributed by atoms with van der Waals surface area (Å²) >= 11 is 0. The molecule has 5 fully saturated rings. The monoisotopic (exact) mass is 464 g/mol. The number of carbonyl (C=O) groups excluding carboxylic acids is 1. The summed E-state index contributed by atoms with van der Waals surface area (Å²) in [7, 11) is 1.59. The Morgan fingerprint density at radius 2 is 1.76 bits per heavy atom. The second-order valence-electron chi connectivity index (χ2n) is 15.0. The molecule has 0 N–H and O–H groups in total. The number of hydrogen-bond acceptors (Lipinski definition) is 2. The van der Waals surface area contributed by atoms with E-state index in [1.165, 1.54) is 37.7 Å². The van der Waals surface area contributed by atoms with Gasteiger partial charge in [0.05, 0.1) is 12.5 Å². The van der Waals surface area contributed by atoms with Gasteiger partial charge < -0.3 is 4.74 Å². The van der Waals surface area contributed by atoms with Crippen molar-refractivity contribution in [3.63, 3.8) is 0 Å². The van der Waals surface area contributed by atoms with Crippen LogP contribution in [0.4, 0.5) is 0 Å². The Morgan fingerprint density at radius 1 is 1.03 bits per heavy atom. The van der Waals surface area contributed by atoms with E-state index in [4.69, 9.17) is 4.74 Å². The SMILES string of the molecule is C=C1C2C3=CCC4[C@@]5(C)C[C@@H]6C[C@@H]6C(C)(C)C5CC[C@@]4(C)[C@]3(C)CC[C@@]2(C(=O)OC)CC[C@H]1C. The molecule has 2 nitrogen and oxygen atoms in total. The van der Waals surface area contributed by atoms with E-state index in [1.807, 2.05) is 0 Å². The third-order valence-electron chi connectivity index (χ3n) is 13.8. The van der Waals surface area contributed by atoms with E-state index in [0.717, 1.165) is 49.4 Å². The van der Waals surface area contributed by atoms with Gasteiger partial charge in [-0.25, -0.2) is 0 Å². The van der Waals surface area contributed by atoms with E-state index < -0.39 is 0 Å². The highest BCUT2D eigenvalue weighted by molar-refractivity contribution is 5.79. The van der Waals surface area contributed by atoms with Gasteiger partial charge in [0.25, 0.3) is 0 Å². The molecule has 5 saturated carbocycles. The summed E-state index contributed by atoms with van der Waals surface area (Å²) in [6, 6.07) is 0. The normalized spacial score (nSPS) is 54.9. The highest BCUT2D eigenvalue weighted by Crippen LogP contribution is 2.78. The molecule has 0 aromatic heterocycles. The van der Waals surface area contributed by atoms with Gasteiger partial charge in [-0.15, -0.1) is 0 Å². The fourth-order valence-electron chi connectivity index (χ4n) is 11.7. The van der Waals surface area contributed by atoms with Crippen molar-refractivity contribution in [3.8, 4) is 0 Å². The zero-order valence-corrected chi connectivity index (χ0v) is 22.9. The average Bonchev–Trinajstić information content (AvgIpc) is 3.56. The Hall–Kier alpha value is -1.05. The van der Waals surface area contributed by atoms with Crippen LogP contribution in [0.1, 0.15) is 99.3 Å². The average molecular weight is 465 g/mol. The van der Waals surface area contributed by atoms with Crippen LogP contribution in [-0.4, -0.2) is 13.1 Å². The van der Waals surface area contributed by atoms with Crippen molar-refractivity contribution in [2.45, 2.75) is 99.3 Å².